The summed E-state index contributed by atoms with van der Waals surface area (Å²) in [7, 11) is -3.79. The number of hydrazone groups is 1. The summed E-state index contributed by atoms with van der Waals surface area (Å²) < 4.78 is 27.4. The molecule has 9 heteroatoms. The highest BCUT2D eigenvalue weighted by atomic mass is 35.5. The van der Waals surface area contributed by atoms with Gasteiger partial charge in [0.15, 0.2) is 0 Å². The number of phenols is 1. The lowest BCUT2D eigenvalue weighted by Crippen LogP contribution is -2.18. The summed E-state index contributed by atoms with van der Waals surface area (Å²) in [5.74, 6) is -0.442. The normalized spacial score (nSPS) is 11.5. The number of hydrogen-bond acceptors (Lipinski definition) is 5. The number of anilines is 1. The zero-order chi connectivity index (χ0) is 23.4. The summed E-state index contributed by atoms with van der Waals surface area (Å²) in [6.07, 6.45) is 1.38. The number of halogens is 1. The van der Waals surface area contributed by atoms with E-state index >= 15 is 0 Å². The van der Waals surface area contributed by atoms with Crippen molar-refractivity contribution in [3.8, 4) is 5.75 Å². The van der Waals surface area contributed by atoms with E-state index in [0.29, 0.717) is 16.3 Å². The maximum Gasteiger partial charge on any atom is 0.271 e. The number of amides is 1. The summed E-state index contributed by atoms with van der Waals surface area (Å²) in [4.78, 5) is 12.5. The van der Waals surface area contributed by atoms with Crippen LogP contribution in [0.3, 0.4) is 0 Å². The second-order valence-electron chi connectivity index (χ2n) is 7.06. The van der Waals surface area contributed by atoms with E-state index in [1.165, 1.54) is 54.7 Å². The standard InChI is InChI=1S/C24H18ClN3O4S/c25-18-8-12-20(13-9-18)33(31,32)28-19-10-5-17(6-11-19)24(30)27-26-15-22-21-4-2-1-3-16(21)7-14-23(22)29/h1-15,28-29H,(H,27,30). The summed E-state index contributed by atoms with van der Waals surface area (Å²) in [5.41, 5.74) is 3.47. The van der Waals surface area contributed by atoms with Crippen molar-refractivity contribution in [2.75, 3.05) is 4.72 Å². The number of phenolic OH excluding ortho intramolecular Hbond substituents is 1. The first-order chi connectivity index (χ1) is 15.8. The fraction of sp³-hybridized carbons (Fsp3) is 0. The number of fused-ring (bicyclic) bond motifs is 1. The molecule has 33 heavy (non-hydrogen) atoms. The van der Waals surface area contributed by atoms with Crippen LogP contribution in [0.5, 0.6) is 5.75 Å². The molecule has 0 aliphatic rings. The Hall–Kier alpha value is -3.88. The minimum Gasteiger partial charge on any atom is -0.507 e. The summed E-state index contributed by atoms with van der Waals surface area (Å²) in [5, 5.41) is 16.3. The number of carbonyl (C=O) groups excluding carboxylic acids is 1. The number of carbonyl (C=O) groups is 1. The molecule has 166 valence electrons. The topological polar surface area (TPSA) is 108 Å². The summed E-state index contributed by atoms with van der Waals surface area (Å²) in [6, 6.07) is 22.5. The Bertz CT molecular complexity index is 1450. The van der Waals surface area contributed by atoms with Crippen LogP contribution in [0.2, 0.25) is 5.02 Å². The van der Waals surface area contributed by atoms with Crippen molar-refractivity contribution in [2.45, 2.75) is 4.90 Å². The molecule has 4 rings (SSSR count). The second kappa shape index (κ2) is 9.32. The Balaban J connectivity index is 1.44. The Morgan fingerprint density at radius 1 is 0.909 bits per heavy atom. The van der Waals surface area contributed by atoms with Crippen molar-refractivity contribution in [3.63, 3.8) is 0 Å². The Morgan fingerprint density at radius 3 is 2.33 bits per heavy atom. The maximum atomic E-state index is 12.5. The van der Waals surface area contributed by atoms with Crippen LogP contribution in [0.25, 0.3) is 10.8 Å². The molecule has 0 bridgehead atoms. The first kappa shape index (κ1) is 22.3. The van der Waals surface area contributed by atoms with Crippen LogP contribution >= 0.6 is 11.6 Å². The molecule has 0 radical (unpaired) electrons. The lowest BCUT2D eigenvalue weighted by molar-refractivity contribution is 0.0955. The van der Waals surface area contributed by atoms with Gasteiger partial charge in [0.2, 0.25) is 0 Å². The highest BCUT2D eigenvalue weighted by Crippen LogP contribution is 2.25. The van der Waals surface area contributed by atoms with E-state index in [-0.39, 0.29) is 16.2 Å². The first-order valence-electron chi connectivity index (χ1n) is 9.76. The van der Waals surface area contributed by atoms with Gasteiger partial charge in [0.05, 0.1) is 11.1 Å². The van der Waals surface area contributed by atoms with Crippen LogP contribution in [0.4, 0.5) is 5.69 Å². The third kappa shape index (κ3) is 5.14. The summed E-state index contributed by atoms with van der Waals surface area (Å²) in [6.45, 7) is 0. The molecule has 0 atom stereocenters. The van der Waals surface area contributed by atoms with E-state index < -0.39 is 15.9 Å². The molecular weight excluding hydrogens is 462 g/mol. The lowest BCUT2D eigenvalue weighted by Gasteiger charge is -2.09. The largest absolute Gasteiger partial charge is 0.507 e. The van der Waals surface area contributed by atoms with Gasteiger partial charge in [-0.15, -0.1) is 0 Å². The molecule has 4 aromatic rings. The first-order valence-corrected chi connectivity index (χ1v) is 11.6. The Labute approximate surface area is 195 Å². The van der Waals surface area contributed by atoms with Gasteiger partial charge in [-0.1, -0.05) is 41.9 Å². The third-order valence-electron chi connectivity index (χ3n) is 4.83. The molecule has 7 nitrogen and oxygen atoms in total. The van der Waals surface area contributed by atoms with Crippen LogP contribution in [0, 0.1) is 0 Å². The lowest BCUT2D eigenvalue weighted by atomic mass is 10.0. The van der Waals surface area contributed by atoms with Crippen molar-refractivity contribution in [2.24, 2.45) is 5.10 Å². The highest BCUT2D eigenvalue weighted by Gasteiger charge is 2.14. The number of nitrogens with zero attached hydrogens (tertiary/aromatic N) is 1. The molecule has 0 fully saturated rings. The highest BCUT2D eigenvalue weighted by molar-refractivity contribution is 7.92. The molecule has 0 saturated heterocycles. The molecular formula is C24H18ClN3O4S. The van der Waals surface area contributed by atoms with Crippen molar-refractivity contribution in [3.05, 3.63) is 101 Å². The zero-order valence-corrected chi connectivity index (χ0v) is 18.6. The van der Waals surface area contributed by atoms with Crippen LogP contribution in [0.1, 0.15) is 15.9 Å². The number of hydrogen-bond donors (Lipinski definition) is 3. The number of rotatable bonds is 6. The molecule has 4 aromatic carbocycles. The molecule has 0 heterocycles. The van der Waals surface area contributed by atoms with Crippen molar-refractivity contribution < 1.29 is 18.3 Å². The van der Waals surface area contributed by atoms with Gasteiger partial charge in [-0.3, -0.25) is 9.52 Å². The van der Waals surface area contributed by atoms with E-state index in [4.69, 9.17) is 11.6 Å². The average Bonchev–Trinajstić information content (AvgIpc) is 2.81. The van der Waals surface area contributed by atoms with Crippen molar-refractivity contribution in [1.29, 1.82) is 0 Å². The van der Waals surface area contributed by atoms with E-state index in [9.17, 15) is 18.3 Å². The van der Waals surface area contributed by atoms with E-state index in [0.717, 1.165) is 10.8 Å². The van der Waals surface area contributed by atoms with Gasteiger partial charge in [0.1, 0.15) is 5.75 Å². The smallest absolute Gasteiger partial charge is 0.271 e. The van der Waals surface area contributed by atoms with E-state index in [1.54, 1.807) is 12.1 Å². The van der Waals surface area contributed by atoms with Gasteiger partial charge < -0.3 is 5.11 Å². The SMILES string of the molecule is O=C(NN=Cc1c(O)ccc2ccccc12)c1ccc(NS(=O)(=O)c2ccc(Cl)cc2)cc1. The van der Waals surface area contributed by atoms with Gasteiger partial charge in [-0.2, -0.15) is 5.10 Å². The molecule has 0 aliphatic carbocycles. The quantitative estimate of drug-likeness (QED) is 0.273. The summed E-state index contributed by atoms with van der Waals surface area (Å²) >= 11 is 5.80. The van der Waals surface area contributed by atoms with E-state index in [2.05, 4.69) is 15.2 Å². The number of nitrogens with one attached hydrogen (secondary N) is 2. The van der Waals surface area contributed by atoms with E-state index in [1.807, 2.05) is 24.3 Å². The minimum absolute atomic E-state index is 0.0454. The second-order valence-corrected chi connectivity index (χ2v) is 9.17. The van der Waals surface area contributed by atoms with Crippen LogP contribution in [0.15, 0.2) is 94.9 Å². The molecule has 0 saturated carbocycles. The van der Waals surface area contributed by atoms with Crippen LogP contribution in [-0.2, 0) is 10.0 Å². The van der Waals surface area contributed by atoms with Crippen molar-refractivity contribution >= 4 is 50.2 Å². The van der Waals surface area contributed by atoms with Gasteiger partial charge in [-0.25, -0.2) is 13.8 Å². The molecule has 0 unspecified atom stereocenters. The van der Waals surface area contributed by atoms with Gasteiger partial charge >= 0.3 is 0 Å². The monoisotopic (exact) mass is 479 g/mol. The molecule has 3 N–H and O–H groups in total. The fourth-order valence-corrected chi connectivity index (χ4v) is 4.34. The van der Waals surface area contributed by atoms with Crippen LogP contribution < -0.4 is 10.1 Å². The van der Waals surface area contributed by atoms with Crippen molar-refractivity contribution in [1.82, 2.24) is 5.43 Å². The predicted molar refractivity (Wildman–Crippen MR) is 129 cm³/mol. The maximum absolute atomic E-state index is 12.5. The molecule has 0 aliphatic heterocycles. The Morgan fingerprint density at radius 2 is 1.61 bits per heavy atom. The number of sulfonamides is 1. The third-order valence-corrected chi connectivity index (χ3v) is 6.48. The molecule has 1 amide bonds. The fourth-order valence-electron chi connectivity index (χ4n) is 3.16. The molecule has 0 spiro atoms. The zero-order valence-electron chi connectivity index (χ0n) is 17.1. The Kier molecular flexibility index (Phi) is 6.30. The van der Waals surface area contributed by atoms with Gasteiger partial charge in [-0.05, 0) is 65.4 Å². The van der Waals surface area contributed by atoms with Gasteiger partial charge in [0.25, 0.3) is 15.9 Å². The average molecular weight is 480 g/mol. The predicted octanol–water partition coefficient (Wildman–Crippen LogP) is 4.76. The van der Waals surface area contributed by atoms with Gasteiger partial charge in [0, 0.05) is 21.8 Å². The number of aromatic hydroxyl groups is 1. The molecule has 0 aromatic heterocycles. The number of benzene rings is 4. The minimum atomic E-state index is -3.79. The van der Waals surface area contributed by atoms with Crippen LogP contribution in [-0.4, -0.2) is 25.6 Å².